The van der Waals surface area contributed by atoms with Crippen LogP contribution in [0.3, 0.4) is 0 Å². The fraction of sp³-hybridized carbons (Fsp3) is 0.235. The van der Waals surface area contributed by atoms with Gasteiger partial charge in [-0.25, -0.2) is 9.18 Å². The van der Waals surface area contributed by atoms with Gasteiger partial charge in [0.2, 0.25) is 0 Å². The van der Waals surface area contributed by atoms with E-state index in [4.69, 9.17) is 16.3 Å². The highest BCUT2D eigenvalue weighted by Gasteiger charge is 2.25. The summed E-state index contributed by atoms with van der Waals surface area (Å²) in [5, 5.41) is 3.25. The second-order valence-electron chi connectivity index (χ2n) is 5.27. The molecule has 1 saturated heterocycles. The van der Waals surface area contributed by atoms with Gasteiger partial charge in [0, 0.05) is 11.6 Å². The number of carbonyl (C=O) groups excluding carboxylic acids is 1. The van der Waals surface area contributed by atoms with Gasteiger partial charge in [-0.05, 0) is 29.8 Å². The predicted octanol–water partition coefficient (Wildman–Crippen LogP) is 4.08. The summed E-state index contributed by atoms with van der Waals surface area (Å²) in [5.41, 5.74) is 1.13. The second-order valence-corrected chi connectivity index (χ2v) is 5.70. The molecule has 2 aromatic rings. The number of morpholine rings is 1. The highest BCUT2D eigenvalue weighted by molar-refractivity contribution is 6.30. The summed E-state index contributed by atoms with van der Waals surface area (Å²) in [5.74, 6) is -0.455. The minimum absolute atomic E-state index is 0.173. The highest BCUT2D eigenvalue weighted by Crippen LogP contribution is 2.24. The normalized spacial score (nSPS) is 17.8. The molecule has 1 atom stereocenters. The van der Waals surface area contributed by atoms with Crippen LogP contribution in [0.5, 0.6) is 0 Å². The molecule has 0 bridgehead atoms. The van der Waals surface area contributed by atoms with Crippen LogP contribution in [-0.2, 0) is 4.74 Å². The summed E-state index contributed by atoms with van der Waals surface area (Å²) < 4.78 is 19.3. The van der Waals surface area contributed by atoms with E-state index in [1.165, 1.54) is 12.1 Å². The van der Waals surface area contributed by atoms with Crippen LogP contribution in [0.4, 0.5) is 14.9 Å². The Morgan fingerprint density at radius 1 is 1.22 bits per heavy atom. The van der Waals surface area contributed by atoms with Crippen molar-refractivity contribution in [1.29, 1.82) is 0 Å². The number of ether oxygens (including phenoxy) is 1. The second kappa shape index (κ2) is 6.98. The highest BCUT2D eigenvalue weighted by atomic mass is 35.5. The number of para-hydroxylation sites is 1. The SMILES string of the molecule is O=C(Nc1ccccc1F)N1CCOC(c2ccc(Cl)cc2)C1. The van der Waals surface area contributed by atoms with Gasteiger partial charge in [0.15, 0.2) is 0 Å². The van der Waals surface area contributed by atoms with Gasteiger partial charge in [0.1, 0.15) is 11.9 Å². The lowest BCUT2D eigenvalue weighted by Crippen LogP contribution is -2.44. The zero-order valence-corrected chi connectivity index (χ0v) is 13.1. The van der Waals surface area contributed by atoms with E-state index in [0.717, 1.165) is 5.56 Å². The molecule has 2 aromatic carbocycles. The summed E-state index contributed by atoms with van der Waals surface area (Å²) >= 11 is 5.88. The maximum absolute atomic E-state index is 13.6. The van der Waals surface area contributed by atoms with Crippen molar-refractivity contribution < 1.29 is 13.9 Å². The molecule has 0 saturated carbocycles. The number of amides is 2. The summed E-state index contributed by atoms with van der Waals surface area (Å²) in [6.45, 7) is 1.30. The van der Waals surface area contributed by atoms with Gasteiger partial charge < -0.3 is 15.0 Å². The largest absolute Gasteiger partial charge is 0.370 e. The molecule has 3 rings (SSSR count). The molecule has 23 heavy (non-hydrogen) atoms. The first kappa shape index (κ1) is 15.8. The third-order valence-corrected chi connectivity index (χ3v) is 3.96. The fourth-order valence-electron chi connectivity index (χ4n) is 2.47. The molecule has 4 nitrogen and oxygen atoms in total. The van der Waals surface area contributed by atoms with Crippen molar-refractivity contribution in [3.05, 3.63) is 64.9 Å². The van der Waals surface area contributed by atoms with Crippen molar-refractivity contribution >= 4 is 23.3 Å². The maximum Gasteiger partial charge on any atom is 0.322 e. The van der Waals surface area contributed by atoms with Gasteiger partial charge in [-0.15, -0.1) is 0 Å². The first-order valence-corrected chi connectivity index (χ1v) is 7.69. The molecule has 6 heteroatoms. The molecule has 1 fully saturated rings. The van der Waals surface area contributed by atoms with Crippen LogP contribution >= 0.6 is 11.6 Å². The van der Waals surface area contributed by atoms with Crippen LogP contribution in [0.2, 0.25) is 5.02 Å². The number of hydrogen-bond donors (Lipinski definition) is 1. The number of anilines is 1. The maximum atomic E-state index is 13.6. The van der Waals surface area contributed by atoms with Gasteiger partial charge in [0.05, 0.1) is 18.8 Å². The smallest absolute Gasteiger partial charge is 0.322 e. The Balaban J connectivity index is 1.67. The van der Waals surface area contributed by atoms with E-state index in [1.54, 1.807) is 29.2 Å². The van der Waals surface area contributed by atoms with E-state index in [-0.39, 0.29) is 17.8 Å². The third-order valence-electron chi connectivity index (χ3n) is 3.71. The molecule has 0 spiro atoms. The summed E-state index contributed by atoms with van der Waals surface area (Å²) in [6.07, 6.45) is -0.215. The average Bonchev–Trinajstić information content (AvgIpc) is 2.58. The van der Waals surface area contributed by atoms with Crippen molar-refractivity contribution in [3.63, 3.8) is 0 Å². The number of benzene rings is 2. The topological polar surface area (TPSA) is 41.6 Å². The molecule has 0 radical (unpaired) electrons. The minimum atomic E-state index is -0.455. The molecule has 1 unspecified atom stereocenters. The van der Waals surface area contributed by atoms with E-state index in [0.29, 0.717) is 24.7 Å². The summed E-state index contributed by atoms with van der Waals surface area (Å²) in [7, 11) is 0. The van der Waals surface area contributed by atoms with Gasteiger partial charge in [-0.3, -0.25) is 0 Å². The van der Waals surface area contributed by atoms with Crippen LogP contribution in [0.1, 0.15) is 11.7 Å². The first-order chi connectivity index (χ1) is 11.1. The molecular weight excluding hydrogens is 319 g/mol. The number of urea groups is 1. The van der Waals surface area contributed by atoms with Crippen molar-refractivity contribution in [1.82, 2.24) is 4.90 Å². The average molecular weight is 335 g/mol. The quantitative estimate of drug-likeness (QED) is 0.899. The van der Waals surface area contributed by atoms with Gasteiger partial charge in [-0.2, -0.15) is 0 Å². The van der Waals surface area contributed by atoms with Crippen LogP contribution in [0, 0.1) is 5.82 Å². The van der Waals surface area contributed by atoms with E-state index in [9.17, 15) is 9.18 Å². The molecule has 1 aliphatic rings. The van der Waals surface area contributed by atoms with Crippen molar-refractivity contribution in [2.75, 3.05) is 25.0 Å². The Morgan fingerprint density at radius 2 is 1.96 bits per heavy atom. The Morgan fingerprint density at radius 3 is 2.70 bits per heavy atom. The number of nitrogens with one attached hydrogen (secondary N) is 1. The molecule has 1 aliphatic heterocycles. The molecular formula is C17H16ClFN2O2. The zero-order valence-electron chi connectivity index (χ0n) is 12.3. The number of carbonyl (C=O) groups is 1. The van der Waals surface area contributed by atoms with Gasteiger partial charge in [0.25, 0.3) is 0 Å². The van der Waals surface area contributed by atoms with E-state index in [1.807, 2.05) is 12.1 Å². The van der Waals surface area contributed by atoms with E-state index >= 15 is 0 Å². The van der Waals surface area contributed by atoms with Crippen LogP contribution in [0.15, 0.2) is 48.5 Å². The first-order valence-electron chi connectivity index (χ1n) is 7.31. The number of rotatable bonds is 2. The predicted molar refractivity (Wildman–Crippen MR) is 87.1 cm³/mol. The van der Waals surface area contributed by atoms with Crippen LogP contribution in [-0.4, -0.2) is 30.6 Å². The minimum Gasteiger partial charge on any atom is -0.370 e. The zero-order chi connectivity index (χ0) is 16.2. The lowest BCUT2D eigenvalue weighted by atomic mass is 10.1. The number of nitrogens with zero attached hydrogens (tertiary/aromatic N) is 1. The molecule has 1 N–H and O–H groups in total. The van der Waals surface area contributed by atoms with Gasteiger partial charge in [-0.1, -0.05) is 35.9 Å². The molecule has 120 valence electrons. The molecule has 0 aromatic heterocycles. The number of halogens is 2. The van der Waals surface area contributed by atoms with Crippen LogP contribution in [0.25, 0.3) is 0 Å². The van der Waals surface area contributed by atoms with E-state index < -0.39 is 5.82 Å². The summed E-state index contributed by atoms with van der Waals surface area (Å²) in [4.78, 5) is 13.9. The van der Waals surface area contributed by atoms with E-state index in [2.05, 4.69) is 5.32 Å². The molecule has 0 aliphatic carbocycles. The molecule has 1 heterocycles. The Kier molecular flexibility index (Phi) is 4.79. The standard InChI is InChI=1S/C17H16ClFN2O2/c18-13-7-5-12(6-8-13)16-11-21(9-10-23-16)17(22)20-15-4-2-1-3-14(15)19/h1-8,16H,9-11H2,(H,20,22). The van der Waals surface area contributed by atoms with Crippen LogP contribution < -0.4 is 5.32 Å². The lowest BCUT2D eigenvalue weighted by Gasteiger charge is -2.33. The van der Waals surface area contributed by atoms with Crippen molar-refractivity contribution in [3.8, 4) is 0 Å². The monoisotopic (exact) mass is 334 g/mol. The Labute approximate surface area is 138 Å². The van der Waals surface area contributed by atoms with Crippen molar-refractivity contribution in [2.45, 2.75) is 6.10 Å². The Hall–Kier alpha value is -2.11. The fourth-order valence-corrected chi connectivity index (χ4v) is 2.60. The lowest BCUT2D eigenvalue weighted by molar-refractivity contribution is -0.0135. The molecule has 2 amide bonds. The third kappa shape index (κ3) is 3.81. The Bertz CT molecular complexity index is 693. The van der Waals surface area contributed by atoms with Gasteiger partial charge >= 0.3 is 6.03 Å². The number of hydrogen-bond acceptors (Lipinski definition) is 2. The summed E-state index contributed by atoms with van der Waals surface area (Å²) in [6, 6.07) is 13.1. The van der Waals surface area contributed by atoms with Crippen molar-refractivity contribution in [2.24, 2.45) is 0 Å².